The lowest BCUT2D eigenvalue weighted by Gasteiger charge is -2.28. The molecular weight excluding hydrogens is 228 g/mol. The summed E-state index contributed by atoms with van der Waals surface area (Å²) in [5.74, 6) is 0.891. The lowest BCUT2D eigenvalue weighted by molar-refractivity contribution is -0.133. The van der Waals surface area contributed by atoms with Gasteiger partial charge < -0.3 is 15.0 Å². The van der Waals surface area contributed by atoms with Crippen LogP contribution in [-0.2, 0) is 9.53 Å². The molecule has 1 amide bonds. The second-order valence-electron chi connectivity index (χ2n) is 6.59. The van der Waals surface area contributed by atoms with Crippen molar-refractivity contribution in [1.82, 2.24) is 10.2 Å². The van der Waals surface area contributed by atoms with Crippen molar-refractivity contribution in [3.05, 3.63) is 0 Å². The van der Waals surface area contributed by atoms with Crippen LogP contribution in [0.5, 0.6) is 0 Å². The summed E-state index contributed by atoms with van der Waals surface area (Å²) in [5, 5.41) is 3.27. The zero-order valence-electron chi connectivity index (χ0n) is 11.9. The van der Waals surface area contributed by atoms with Crippen LogP contribution in [-0.4, -0.2) is 49.7 Å². The maximum atomic E-state index is 12.2. The molecule has 0 radical (unpaired) electrons. The van der Waals surface area contributed by atoms with E-state index < -0.39 is 0 Å². The fourth-order valence-corrected chi connectivity index (χ4v) is 2.77. The van der Waals surface area contributed by atoms with Gasteiger partial charge in [0.15, 0.2) is 0 Å². The maximum absolute atomic E-state index is 12.2. The molecule has 0 aliphatic carbocycles. The number of carbonyl (C=O) groups is 1. The second-order valence-corrected chi connectivity index (χ2v) is 6.59. The van der Waals surface area contributed by atoms with E-state index in [0.717, 1.165) is 39.2 Å². The Morgan fingerprint density at radius 2 is 2.22 bits per heavy atom. The number of hydrogen-bond acceptors (Lipinski definition) is 3. The second kappa shape index (κ2) is 5.57. The number of hydrogen-bond donors (Lipinski definition) is 1. The van der Waals surface area contributed by atoms with Gasteiger partial charge in [0, 0.05) is 26.2 Å². The molecule has 0 aromatic carbocycles. The molecule has 1 N–H and O–H groups in total. The molecule has 0 aromatic rings. The molecule has 2 aliphatic rings. The third-order valence-corrected chi connectivity index (χ3v) is 4.17. The summed E-state index contributed by atoms with van der Waals surface area (Å²) in [7, 11) is 0. The van der Waals surface area contributed by atoms with Crippen LogP contribution in [0.15, 0.2) is 0 Å². The van der Waals surface area contributed by atoms with Crippen molar-refractivity contribution in [3.8, 4) is 0 Å². The fraction of sp³-hybridized carbons (Fsp3) is 0.929. The number of likely N-dealkylation sites (tertiary alicyclic amines) is 1. The lowest BCUT2D eigenvalue weighted by atomic mass is 9.80. The van der Waals surface area contributed by atoms with Crippen LogP contribution in [0.2, 0.25) is 0 Å². The Hall–Kier alpha value is -0.610. The first-order chi connectivity index (χ1) is 8.47. The van der Waals surface area contributed by atoms with Gasteiger partial charge in [0.1, 0.15) is 0 Å². The van der Waals surface area contributed by atoms with E-state index in [1.807, 2.05) is 4.90 Å². The maximum Gasteiger partial charge on any atom is 0.225 e. The summed E-state index contributed by atoms with van der Waals surface area (Å²) in [6, 6.07) is 0. The summed E-state index contributed by atoms with van der Waals surface area (Å²) >= 11 is 0. The minimum Gasteiger partial charge on any atom is -0.375 e. The first-order valence-corrected chi connectivity index (χ1v) is 7.07. The Morgan fingerprint density at radius 1 is 1.44 bits per heavy atom. The summed E-state index contributed by atoms with van der Waals surface area (Å²) in [4.78, 5) is 14.2. The van der Waals surface area contributed by atoms with Gasteiger partial charge in [-0.2, -0.15) is 0 Å². The van der Waals surface area contributed by atoms with Crippen molar-refractivity contribution in [3.63, 3.8) is 0 Å². The number of nitrogens with one attached hydrogen (secondary N) is 1. The van der Waals surface area contributed by atoms with Crippen molar-refractivity contribution in [2.45, 2.75) is 39.7 Å². The van der Waals surface area contributed by atoms with E-state index in [2.05, 4.69) is 26.1 Å². The summed E-state index contributed by atoms with van der Waals surface area (Å²) in [5.41, 5.74) is 0.303. The first kappa shape index (κ1) is 13.8. The molecule has 0 spiro atoms. The summed E-state index contributed by atoms with van der Waals surface area (Å²) < 4.78 is 5.59. The van der Waals surface area contributed by atoms with Crippen molar-refractivity contribution >= 4 is 5.91 Å². The Bertz CT molecular complexity index is 293. The van der Waals surface area contributed by atoms with E-state index >= 15 is 0 Å². The number of nitrogens with zero attached hydrogens (tertiary/aromatic N) is 1. The molecule has 2 heterocycles. The minimum atomic E-state index is 0.0694. The highest BCUT2D eigenvalue weighted by Gasteiger charge is 2.34. The minimum absolute atomic E-state index is 0.0694. The van der Waals surface area contributed by atoms with Crippen LogP contribution < -0.4 is 5.32 Å². The molecule has 2 aliphatic heterocycles. The molecule has 0 saturated carbocycles. The van der Waals surface area contributed by atoms with E-state index in [1.165, 1.54) is 0 Å². The third-order valence-electron chi connectivity index (χ3n) is 4.17. The molecule has 104 valence electrons. The molecule has 2 atom stereocenters. The SMILES string of the molecule is CC(C)(C)C1CCN(C(=O)CC2CNCCO2)C1. The van der Waals surface area contributed by atoms with E-state index in [-0.39, 0.29) is 12.0 Å². The molecule has 2 saturated heterocycles. The molecular formula is C14H26N2O2. The zero-order valence-corrected chi connectivity index (χ0v) is 11.9. The smallest absolute Gasteiger partial charge is 0.225 e. The Balaban J connectivity index is 1.80. The van der Waals surface area contributed by atoms with E-state index in [1.54, 1.807) is 0 Å². The average molecular weight is 254 g/mol. The van der Waals surface area contributed by atoms with Gasteiger partial charge in [-0.05, 0) is 17.8 Å². The monoisotopic (exact) mass is 254 g/mol. The van der Waals surface area contributed by atoms with Crippen LogP contribution in [0.4, 0.5) is 0 Å². The van der Waals surface area contributed by atoms with Gasteiger partial charge in [-0.3, -0.25) is 4.79 Å². The zero-order chi connectivity index (χ0) is 13.2. The highest BCUT2D eigenvalue weighted by Crippen LogP contribution is 2.33. The van der Waals surface area contributed by atoms with Crippen LogP contribution in [0.3, 0.4) is 0 Å². The van der Waals surface area contributed by atoms with Crippen molar-refractivity contribution in [2.24, 2.45) is 11.3 Å². The number of rotatable bonds is 2. The van der Waals surface area contributed by atoms with Gasteiger partial charge >= 0.3 is 0 Å². The number of ether oxygens (including phenoxy) is 1. The molecule has 2 fully saturated rings. The molecule has 2 unspecified atom stereocenters. The van der Waals surface area contributed by atoms with Crippen LogP contribution >= 0.6 is 0 Å². The fourth-order valence-electron chi connectivity index (χ4n) is 2.77. The predicted octanol–water partition coefficient (Wildman–Crippen LogP) is 1.26. The Morgan fingerprint density at radius 3 is 2.78 bits per heavy atom. The number of amides is 1. The van der Waals surface area contributed by atoms with Crippen molar-refractivity contribution < 1.29 is 9.53 Å². The van der Waals surface area contributed by atoms with Gasteiger partial charge in [0.25, 0.3) is 0 Å². The molecule has 2 rings (SSSR count). The van der Waals surface area contributed by atoms with Crippen LogP contribution in [0.25, 0.3) is 0 Å². The van der Waals surface area contributed by atoms with Gasteiger partial charge in [-0.1, -0.05) is 20.8 Å². The molecule has 4 nitrogen and oxygen atoms in total. The lowest BCUT2D eigenvalue weighted by Crippen LogP contribution is -2.42. The topological polar surface area (TPSA) is 41.6 Å². The van der Waals surface area contributed by atoms with Crippen molar-refractivity contribution in [1.29, 1.82) is 0 Å². The first-order valence-electron chi connectivity index (χ1n) is 7.07. The van der Waals surface area contributed by atoms with Crippen LogP contribution in [0, 0.1) is 11.3 Å². The molecule has 18 heavy (non-hydrogen) atoms. The third kappa shape index (κ3) is 3.45. The highest BCUT2D eigenvalue weighted by atomic mass is 16.5. The van der Waals surface area contributed by atoms with E-state index in [0.29, 0.717) is 17.8 Å². The predicted molar refractivity (Wildman–Crippen MR) is 71.4 cm³/mol. The summed E-state index contributed by atoms with van der Waals surface area (Å²) in [6.07, 6.45) is 1.74. The van der Waals surface area contributed by atoms with Crippen molar-refractivity contribution in [2.75, 3.05) is 32.8 Å². The van der Waals surface area contributed by atoms with Gasteiger partial charge in [-0.15, -0.1) is 0 Å². The normalized spacial score (nSPS) is 29.6. The standard InChI is InChI=1S/C14H26N2O2/c1-14(2,3)11-4-6-16(10-11)13(17)8-12-9-15-5-7-18-12/h11-12,15H,4-10H2,1-3H3. The Kier molecular flexibility index (Phi) is 4.28. The Labute approximate surface area is 110 Å². The average Bonchev–Trinajstić information content (AvgIpc) is 2.79. The van der Waals surface area contributed by atoms with E-state index in [9.17, 15) is 4.79 Å². The molecule has 0 aromatic heterocycles. The van der Waals surface area contributed by atoms with Gasteiger partial charge in [-0.25, -0.2) is 0 Å². The number of morpholine rings is 1. The van der Waals surface area contributed by atoms with Gasteiger partial charge in [0.05, 0.1) is 19.1 Å². The largest absolute Gasteiger partial charge is 0.375 e. The highest BCUT2D eigenvalue weighted by molar-refractivity contribution is 5.77. The van der Waals surface area contributed by atoms with Crippen LogP contribution in [0.1, 0.15) is 33.6 Å². The summed E-state index contributed by atoms with van der Waals surface area (Å²) in [6.45, 7) is 11.1. The molecule has 4 heteroatoms. The van der Waals surface area contributed by atoms with Gasteiger partial charge in [0.2, 0.25) is 5.91 Å². The molecule has 0 bridgehead atoms. The number of carbonyl (C=O) groups excluding carboxylic acids is 1. The van der Waals surface area contributed by atoms with E-state index in [4.69, 9.17) is 4.74 Å². The quantitative estimate of drug-likeness (QED) is 0.806.